The van der Waals surface area contributed by atoms with Crippen molar-refractivity contribution in [1.82, 2.24) is 4.31 Å². The molecule has 4 nitrogen and oxygen atoms in total. The van der Waals surface area contributed by atoms with Gasteiger partial charge < -0.3 is 5.73 Å². The third-order valence-electron chi connectivity index (χ3n) is 3.86. The van der Waals surface area contributed by atoms with Gasteiger partial charge in [0.15, 0.2) is 0 Å². The summed E-state index contributed by atoms with van der Waals surface area (Å²) in [7, 11) is -1.91. The Hall–Kier alpha value is -0.980. The van der Waals surface area contributed by atoms with E-state index in [4.69, 9.17) is 18.0 Å². The molecule has 0 saturated heterocycles. The van der Waals surface area contributed by atoms with Crippen LogP contribution in [0.5, 0.6) is 0 Å². The van der Waals surface area contributed by atoms with Crippen molar-refractivity contribution in [2.45, 2.75) is 43.5 Å². The first-order chi connectivity index (χ1) is 9.32. The van der Waals surface area contributed by atoms with Crippen LogP contribution in [0.1, 0.15) is 30.9 Å². The van der Waals surface area contributed by atoms with E-state index in [0.29, 0.717) is 16.3 Å². The zero-order valence-electron chi connectivity index (χ0n) is 11.8. The second kappa shape index (κ2) is 5.79. The van der Waals surface area contributed by atoms with E-state index in [2.05, 4.69) is 0 Å². The van der Waals surface area contributed by atoms with Gasteiger partial charge in [0.25, 0.3) is 0 Å². The first-order valence-electron chi connectivity index (χ1n) is 6.70. The summed E-state index contributed by atoms with van der Waals surface area (Å²) >= 11 is 4.85. The molecule has 2 N–H and O–H groups in total. The zero-order valence-corrected chi connectivity index (χ0v) is 13.4. The molecule has 1 aliphatic carbocycles. The van der Waals surface area contributed by atoms with E-state index < -0.39 is 10.0 Å². The van der Waals surface area contributed by atoms with Gasteiger partial charge in [-0.3, -0.25) is 0 Å². The number of hydrogen-bond donors (Lipinski definition) is 1. The van der Waals surface area contributed by atoms with E-state index in [-0.39, 0.29) is 6.04 Å². The Labute approximate surface area is 126 Å². The Bertz CT molecular complexity index is 626. The fourth-order valence-corrected chi connectivity index (χ4v) is 4.18. The highest BCUT2D eigenvalue weighted by Crippen LogP contribution is 2.26. The van der Waals surface area contributed by atoms with Crippen molar-refractivity contribution in [3.63, 3.8) is 0 Å². The van der Waals surface area contributed by atoms with E-state index in [9.17, 15) is 8.42 Å². The molecule has 0 aromatic heterocycles. The molecule has 1 aromatic carbocycles. The molecule has 0 fully saturated rings. The lowest BCUT2D eigenvalue weighted by atomic mass is 10.1. The van der Waals surface area contributed by atoms with Gasteiger partial charge >= 0.3 is 0 Å². The van der Waals surface area contributed by atoms with Gasteiger partial charge in [-0.15, -0.1) is 0 Å². The molecule has 0 aliphatic heterocycles. The summed E-state index contributed by atoms with van der Waals surface area (Å²) in [5.74, 6) is 0. The fraction of sp³-hybridized carbons (Fsp3) is 0.500. The molecular weight excluding hydrogens is 292 g/mol. The largest absolute Gasteiger partial charge is 0.393 e. The molecule has 0 spiro atoms. The molecule has 0 saturated carbocycles. The van der Waals surface area contributed by atoms with E-state index in [1.165, 1.54) is 9.87 Å². The second-order valence-electron chi connectivity index (χ2n) is 5.32. The minimum Gasteiger partial charge on any atom is -0.393 e. The van der Waals surface area contributed by atoms with Crippen molar-refractivity contribution in [2.24, 2.45) is 5.73 Å². The Morgan fingerprint density at radius 1 is 1.40 bits per heavy atom. The lowest BCUT2D eigenvalue weighted by molar-refractivity contribution is 0.397. The maximum atomic E-state index is 12.6. The Kier molecular flexibility index (Phi) is 4.46. The predicted octanol–water partition coefficient (Wildman–Crippen LogP) is 1.86. The Morgan fingerprint density at radius 3 is 2.70 bits per heavy atom. The van der Waals surface area contributed by atoms with Gasteiger partial charge in [0, 0.05) is 19.5 Å². The minimum absolute atomic E-state index is 0.245. The Morgan fingerprint density at radius 2 is 2.05 bits per heavy atom. The van der Waals surface area contributed by atoms with E-state index in [0.717, 1.165) is 24.8 Å². The number of hydrogen-bond acceptors (Lipinski definition) is 3. The normalized spacial score (nSPS) is 16.1. The van der Waals surface area contributed by atoms with Crippen LogP contribution in [0.25, 0.3) is 0 Å². The molecule has 110 valence electrons. The van der Waals surface area contributed by atoms with Gasteiger partial charge in [0.2, 0.25) is 10.0 Å². The van der Waals surface area contributed by atoms with Gasteiger partial charge in [-0.1, -0.05) is 18.3 Å². The molecule has 20 heavy (non-hydrogen) atoms. The molecule has 1 aromatic rings. The highest BCUT2D eigenvalue weighted by molar-refractivity contribution is 7.89. The maximum Gasteiger partial charge on any atom is 0.243 e. The first kappa shape index (κ1) is 15.4. The Balaban J connectivity index is 2.28. The number of benzene rings is 1. The number of sulfonamides is 1. The molecule has 0 radical (unpaired) electrons. The number of aryl methyl sites for hydroxylation is 2. The monoisotopic (exact) mass is 312 g/mol. The van der Waals surface area contributed by atoms with Gasteiger partial charge in [-0.2, -0.15) is 4.31 Å². The van der Waals surface area contributed by atoms with Crippen LogP contribution in [0.15, 0.2) is 23.1 Å². The van der Waals surface area contributed by atoms with Crippen LogP contribution in [-0.2, 0) is 22.9 Å². The minimum atomic E-state index is -3.49. The van der Waals surface area contributed by atoms with Crippen LogP contribution in [0, 0.1) is 0 Å². The molecule has 0 amide bonds. The van der Waals surface area contributed by atoms with Gasteiger partial charge in [0.05, 0.1) is 9.88 Å². The summed E-state index contributed by atoms with van der Waals surface area (Å²) in [5, 5.41) is 0. The van der Waals surface area contributed by atoms with Crippen LogP contribution < -0.4 is 5.73 Å². The maximum absolute atomic E-state index is 12.6. The quantitative estimate of drug-likeness (QED) is 0.843. The smallest absolute Gasteiger partial charge is 0.243 e. The number of thiocarbonyl (C=S) groups is 1. The van der Waals surface area contributed by atoms with Crippen molar-refractivity contribution in [3.05, 3.63) is 29.3 Å². The number of rotatable bonds is 5. The summed E-state index contributed by atoms with van der Waals surface area (Å²) in [4.78, 5) is 0.684. The van der Waals surface area contributed by atoms with Crippen molar-refractivity contribution in [2.75, 3.05) is 7.05 Å². The average Bonchev–Trinajstić information content (AvgIpc) is 2.83. The molecule has 1 aliphatic rings. The average molecular weight is 312 g/mol. The van der Waals surface area contributed by atoms with Crippen LogP contribution in [-0.4, -0.2) is 30.8 Å². The topological polar surface area (TPSA) is 63.4 Å². The summed E-state index contributed by atoms with van der Waals surface area (Å²) in [6, 6.07) is 5.19. The summed E-state index contributed by atoms with van der Waals surface area (Å²) < 4.78 is 26.5. The van der Waals surface area contributed by atoms with Gasteiger partial charge in [0.1, 0.15) is 0 Å². The second-order valence-corrected chi connectivity index (χ2v) is 7.85. The fourth-order valence-electron chi connectivity index (χ4n) is 2.53. The van der Waals surface area contributed by atoms with Gasteiger partial charge in [-0.05, 0) is 49.4 Å². The summed E-state index contributed by atoms with van der Waals surface area (Å²) in [5.41, 5.74) is 7.92. The summed E-state index contributed by atoms with van der Waals surface area (Å²) in [6.45, 7) is 1.81. The lowest BCUT2D eigenvalue weighted by Gasteiger charge is -2.24. The van der Waals surface area contributed by atoms with Crippen molar-refractivity contribution < 1.29 is 8.42 Å². The summed E-state index contributed by atoms with van der Waals surface area (Å²) in [6.07, 6.45) is 3.50. The van der Waals surface area contributed by atoms with E-state index in [1.807, 2.05) is 19.1 Å². The highest BCUT2D eigenvalue weighted by Gasteiger charge is 2.26. The molecule has 0 heterocycles. The predicted molar refractivity (Wildman–Crippen MR) is 84.3 cm³/mol. The first-order valence-corrected chi connectivity index (χ1v) is 8.55. The number of nitrogens with two attached hydrogens (primary N) is 1. The molecule has 6 heteroatoms. The van der Waals surface area contributed by atoms with Crippen LogP contribution >= 0.6 is 12.2 Å². The van der Waals surface area contributed by atoms with Crippen molar-refractivity contribution in [1.29, 1.82) is 0 Å². The SMILES string of the molecule is CC(CC(N)=S)N(C)S(=O)(=O)c1ccc2c(c1)CCC2. The molecule has 0 bridgehead atoms. The van der Waals surface area contributed by atoms with Crippen molar-refractivity contribution in [3.8, 4) is 0 Å². The molecular formula is C14H20N2O2S2. The van der Waals surface area contributed by atoms with E-state index in [1.54, 1.807) is 13.1 Å². The molecule has 1 unspecified atom stereocenters. The standard InChI is InChI=1S/C14H20N2O2S2/c1-10(8-14(15)19)16(2)20(17,18)13-7-6-11-4-3-5-12(11)9-13/h6-7,9-10H,3-5,8H2,1-2H3,(H2,15,19). The van der Waals surface area contributed by atoms with E-state index >= 15 is 0 Å². The number of fused-ring (bicyclic) bond motifs is 1. The lowest BCUT2D eigenvalue weighted by Crippen LogP contribution is -2.37. The molecule has 1 atom stereocenters. The molecule has 2 rings (SSSR count). The van der Waals surface area contributed by atoms with Crippen LogP contribution in [0.3, 0.4) is 0 Å². The van der Waals surface area contributed by atoms with Gasteiger partial charge in [-0.25, -0.2) is 8.42 Å². The third-order valence-corrected chi connectivity index (χ3v) is 6.00. The number of nitrogens with zero attached hydrogens (tertiary/aromatic N) is 1. The van der Waals surface area contributed by atoms with Crippen molar-refractivity contribution >= 4 is 27.2 Å². The third kappa shape index (κ3) is 3.02. The zero-order chi connectivity index (χ0) is 14.9. The highest BCUT2D eigenvalue weighted by atomic mass is 32.2. The van der Waals surface area contributed by atoms with Crippen LogP contribution in [0.2, 0.25) is 0 Å². The van der Waals surface area contributed by atoms with Crippen LogP contribution in [0.4, 0.5) is 0 Å².